The van der Waals surface area contributed by atoms with Crippen LogP contribution in [0.15, 0.2) is 4.52 Å². The van der Waals surface area contributed by atoms with Crippen LogP contribution in [0.25, 0.3) is 0 Å². The molecule has 0 radical (unpaired) electrons. The first-order chi connectivity index (χ1) is 7.15. The Labute approximate surface area is 87.2 Å². The summed E-state index contributed by atoms with van der Waals surface area (Å²) in [7, 11) is 2.77. The Bertz CT molecular complexity index is 350. The van der Waals surface area contributed by atoms with Gasteiger partial charge in [-0.3, -0.25) is 10.8 Å². The molecule has 0 bridgehead atoms. The standard InChI is InChI=1S/C9H13N3O3/c1-4-5-6(8(10)13-2)12-15-7(5)9(11)14-3/h10-11H,4H2,1-3H3. The minimum absolute atomic E-state index is 0.0780. The third kappa shape index (κ3) is 1.98. The molecule has 0 amide bonds. The van der Waals surface area contributed by atoms with Gasteiger partial charge in [-0.1, -0.05) is 12.1 Å². The molecule has 2 N–H and O–H groups in total. The van der Waals surface area contributed by atoms with Crippen molar-refractivity contribution >= 4 is 11.8 Å². The van der Waals surface area contributed by atoms with Crippen LogP contribution in [0.3, 0.4) is 0 Å². The Morgan fingerprint density at radius 2 is 1.87 bits per heavy atom. The van der Waals surface area contributed by atoms with E-state index in [0.717, 1.165) is 0 Å². The molecule has 0 spiro atoms. The summed E-state index contributed by atoms with van der Waals surface area (Å²) in [5, 5.41) is 18.6. The highest BCUT2D eigenvalue weighted by atomic mass is 16.5. The van der Waals surface area contributed by atoms with E-state index in [1.807, 2.05) is 6.92 Å². The monoisotopic (exact) mass is 211 g/mol. The van der Waals surface area contributed by atoms with Crippen LogP contribution in [0, 0.1) is 10.8 Å². The van der Waals surface area contributed by atoms with Gasteiger partial charge in [-0.15, -0.1) is 0 Å². The molecule has 0 saturated heterocycles. The molecule has 0 aliphatic rings. The second-order valence-electron chi connectivity index (χ2n) is 2.76. The first-order valence-electron chi connectivity index (χ1n) is 4.40. The van der Waals surface area contributed by atoms with Crippen molar-refractivity contribution in [2.75, 3.05) is 14.2 Å². The van der Waals surface area contributed by atoms with Crippen molar-refractivity contribution in [3.8, 4) is 0 Å². The molecule has 1 aromatic heterocycles. The number of ether oxygens (including phenoxy) is 2. The minimum Gasteiger partial charge on any atom is -0.480 e. The lowest BCUT2D eigenvalue weighted by molar-refractivity contribution is 0.352. The molecule has 1 heterocycles. The number of nitrogens with zero attached hydrogens (tertiary/aromatic N) is 1. The molecule has 6 heteroatoms. The lowest BCUT2D eigenvalue weighted by Gasteiger charge is -2.01. The Balaban J connectivity index is 3.16. The maximum absolute atomic E-state index is 7.48. The van der Waals surface area contributed by atoms with Crippen molar-refractivity contribution in [3.05, 3.63) is 17.0 Å². The molecule has 0 fully saturated rings. The Kier molecular flexibility index (Phi) is 3.43. The van der Waals surface area contributed by atoms with Gasteiger partial charge in [0.25, 0.3) is 5.90 Å². The summed E-state index contributed by atoms with van der Waals surface area (Å²) >= 11 is 0. The van der Waals surface area contributed by atoms with E-state index in [9.17, 15) is 0 Å². The van der Waals surface area contributed by atoms with E-state index in [4.69, 9.17) is 24.8 Å². The van der Waals surface area contributed by atoms with Crippen molar-refractivity contribution in [3.63, 3.8) is 0 Å². The third-order valence-electron chi connectivity index (χ3n) is 1.97. The number of hydrogen-bond acceptors (Lipinski definition) is 6. The van der Waals surface area contributed by atoms with E-state index in [1.54, 1.807) is 0 Å². The number of nitrogens with one attached hydrogen (secondary N) is 2. The van der Waals surface area contributed by atoms with Gasteiger partial charge in [-0.25, -0.2) is 0 Å². The average molecular weight is 211 g/mol. The van der Waals surface area contributed by atoms with Crippen molar-refractivity contribution in [2.45, 2.75) is 13.3 Å². The molecule has 1 rings (SSSR count). The fourth-order valence-corrected chi connectivity index (χ4v) is 1.18. The van der Waals surface area contributed by atoms with Gasteiger partial charge in [-0.2, -0.15) is 0 Å². The normalized spacial score (nSPS) is 9.80. The van der Waals surface area contributed by atoms with Crippen LogP contribution in [0.5, 0.6) is 0 Å². The summed E-state index contributed by atoms with van der Waals surface area (Å²) < 4.78 is 14.4. The molecule has 1 aromatic rings. The smallest absolute Gasteiger partial charge is 0.253 e. The summed E-state index contributed by atoms with van der Waals surface area (Å²) in [6, 6.07) is 0. The molecule has 15 heavy (non-hydrogen) atoms. The van der Waals surface area contributed by atoms with Crippen LogP contribution in [-0.4, -0.2) is 31.2 Å². The quantitative estimate of drug-likeness (QED) is 0.580. The van der Waals surface area contributed by atoms with Crippen molar-refractivity contribution in [1.29, 1.82) is 10.8 Å². The van der Waals surface area contributed by atoms with E-state index in [-0.39, 0.29) is 17.6 Å². The van der Waals surface area contributed by atoms with E-state index < -0.39 is 0 Å². The van der Waals surface area contributed by atoms with Crippen LogP contribution in [0.2, 0.25) is 0 Å². The lowest BCUT2D eigenvalue weighted by atomic mass is 10.1. The van der Waals surface area contributed by atoms with Crippen molar-refractivity contribution in [1.82, 2.24) is 5.16 Å². The topological polar surface area (TPSA) is 92.2 Å². The van der Waals surface area contributed by atoms with Gasteiger partial charge in [0, 0.05) is 5.56 Å². The van der Waals surface area contributed by atoms with E-state index in [2.05, 4.69) is 5.16 Å². The molecule has 6 nitrogen and oxygen atoms in total. The predicted octanol–water partition coefficient (Wildman–Crippen LogP) is 1.18. The molecule has 0 saturated carbocycles. The first-order valence-corrected chi connectivity index (χ1v) is 4.40. The summed E-state index contributed by atoms with van der Waals surface area (Å²) in [6.07, 6.45) is 0.589. The molecule has 0 aliphatic heterocycles. The first kappa shape index (κ1) is 11.2. The Hall–Kier alpha value is -1.85. The summed E-state index contributed by atoms with van der Waals surface area (Å²) in [6.45, 7) is 1.88. The molecule has 0 unspecified atom stereocenters. The van der Waals surface area contributed by atoms with E-state index in [1.165, 1.54) is 14.2 Å². The lowest BCUT2D eigenvalue weighted by Crippen LogP contribution is -2.08. The number of rotatable bonds is 3. The minimum atomic E-state index is -0.102. The Morgan fingerprint density at radius 1 is 1.27 bits per heavy atom. The highest BCUT2D eigenvalue weighted by Gasteiger charge is 2.21. The fourth-order valence-electron chi connectivity index (χ4n) is 1.18. The molecular weight excluding hydrogens is 198 g/mol. The zero-order chi connectivity index (χ0) is 11.4. The van der Waals surface area contributed by atoms with Gasteiger partial charge in [0.1, 0.15) is 0 Å². The summed E-state index contributed by atoms with van der Waals surface area (Å²) in [5.74, 6) is 0.0667. The highest BCUT2D eigenvalue weighted by Crippen LogP contribution is 2.16. The van der Waals surface area contributed by atoms with Crippen LogP contribution in [0.1, 0.15) is 23.9 Å². The van der Waals surface area contributed by atoms with Crippen molar-refractivity contribution < 1.29 is 14.0 Å². The highest BCUT2D eigenvalue weighted by molar-refractivity contribution is 5.96. The van der Waals surface area contributed by atoms with Crippen LogP contribution in [0.4, 0.5) is 0 Å². The maximum Gasteiger partial charge on any atom is 0.253 e. The second-order valence-corrected chi connectivity index (χ2v) is 2.76. The van der Waals surface area contributed by atoms with E-state index in [0.29, 0.717) is 17.7 Å². The van der Waals surface area contributed by atoms with Gasteiger partial charge in [0.05, 0.1) is 14.2 Å². The van der Waals surface area contributed by atoms with Gasteiger partial charge in [0.2, 0.25) is 11.7 Å². The average Bonchev–Trinajstić information content (AvgIpc) is 2.70. The number of hydrogen-bond donors (Lipinski definition) is 2. The molecule has 0 aromatic carbocycles. The van der Waals surface area contributed by atoms with Gasteiger partial charge in [-0.05, 0) is 6.42 Å². The molecule has 0 atom stereocenters. The number of methoxy groups -OCH3 is 2. The largest absolute Gasteiger partial charge is 0.480 e. The zero-order valence-electron chi connectivity index (χ0n) is 8.88. The van der Waals surface area contributed by atoms with Crippen molar-refractivity contribution in [2.24, 2.45) is 0 Å². The van der Waals surface area contributed by atoms with Crippen LogP contribution in [-0.2, 0) is 15.9 Å². The second kappa shape index (κ2) is 4.59. The molecule has 82 valence electrons. The van der Waals surface area contributed by atoms with Crippen LogP contribution >= 0.6 is 0 Å². The van der Waals surface area contributed by atoms with Gasteiger partial charge in [0.15, 0.2) is 5.69 Å². The molecule has 0 aliphatic carbocycles. The predicted molar refractivity (Wildman–Crippen MR) is 53.6 cm³/mol. The SMILES string of the molecule is CCc1c(C(=N)OC)noc1C(=N)OC. The van der Waals surface area contributed by atoms with Gasteiger partial charge >= 0.3 is 0 Å². The third-order valence-corrected chi connectivity index (χ3v) is 1.97. The number of aromatic nitrogens is 1. The summed E-state index contributed by atoms with van der Waals surface area (Å²) in [4.78, 5) is 0. The molecular formula is C9H13N3O3. The Morgan fingerprint density at radius 3 is 2.33 bits per heavy atom. The fraction of sp³-hybridized carbons (Fsp3) is 0.444. The van der Waals surface area contributed by atoms with E-state index >= 15 is 0 Å². The summed E-state index contributed by atoms with van der Waals surface area (Å²) in [5.41, 5.74) is 0.963. The maximum atomic E-state index is 7.48. The van der Waals surface area contributed by atoms with Gasteiger partial charge < -0.3 is 14.0 Å². The zero-order valence-corrected chi connectivity index (χ0v) is 8.88. The van der Waals surface area contributed by atoms with Crippen LogP contribution < -0.4 is 0 Å².